The van der Waals surface area contributed by atoms with Gasteiger partial charge in [-0.15, -0.1) is 34.0 Å². The molecule has 0 atom stereocenters. The lowest BCUT2D eigenvalue weighted by Gasteiger charge is -1.94. The van der Waals surface area contributed by atoms with E-state index >= 15 is 0 Å². The van der Waals surface area contributed by atoms with Crippen molar-refractivity contribution in [3.05, 3.63) is 59.2 Å². The minimum absolute atomic E-state index is 0.0449. The van der Waals surface area contributed by atoms with Gasteiger partial charge >= 0.3 is 0 Å². The Morgan fingerprint density at radius 3 is 1.74 bits per heavy atom. The van der Waals surface area contributed by atoms with Crippen LogP contribution < -0.4 is 0 Å². The minimum Gasteiger partial charge on any atom is -0.143 e. The molecule has 1 aromatic carbocycles. The first-order valence-electron chi connectivity index (χ1n) is 7.70. The molecule has 0 aliphatic rings. The lowest BCUT2D eigenvalue weighted by Crippen LogP contribution is -1.68. The molecular formula is C16H10S3. The number of rotatable bonds is 2. The average molecular weight is 302 g/mol. The van der Waals surface area contributed by atoms with Crippen molar-refractivity contribution >= 4 is 44.8 Å². The van der Waals surface area contributed by atoms with E-state index in [1.54, 1.807) is 34.0 Å². The first kappa shape index (κ1) is 8.00. The summed E-state index contributed by atoms with van der Waals surface area (Å²) >= 11 is 4.72. The molecule has 0 aliphatic carbocycles. The summed E-state index contributed by atoms with van der Waals surface area (Å²) in [4.78, 5) is 3.91. The summed E-state index contributed by atoms with van der Waals surface area (Å²) in [6, 6.07) is 7.66. The third-order valence-electron chi connectivity index (χ3n) is 2.84. The highest BCUT2D eigenvalue weighted by Crippen LogP contribution is 2.46. The van der Waals surface area contributed by atoms with Crippen LogP contribution in [0.25, 0.3) is 30.3 Å². The van der Waals surface area contributed by atoms with E-state index in [1.807, 2.05) is 35.0 Å². The average Bonchev–Trinajstić information content (AvgIpc) is 3.29. The summed E-state index contributed by atoms with van der Waals surface area (Å²) in [7, 11) is 0. The third kappa shape index (κ3) is 1.86. The largest absolute Gasteiger partial charge is 0.143 e. The number of hydrogen-bond donors (Lipinski definition) is 0. The maximum Gasteiger partial charge on any atom is 0.0630 e. The summed E-state index contributed by atoms with van der Waals surface area (Å²) in [5, 5.41) is 5.23. The minimum atomic E-state index is -0.171. The molecule has 3 heterocycles. The Kier molecular flexibility index (Phi) is 1.94. The Hall–Kier alpha value is -1.42. The zero-order valence-corrected chi connectivity index (χ0v) is 12.1. The monoisotopic (exact) mass is 302 g/mol. The Morgan fingerprint density at radius 2 is 1.32 bits per heavy atom. The quantitative estimate of drug-likeness (QED) is 0.404. The van der Waals surface area contributed by atoms with Crippen LogP contribution >= 0.6 is 34.0 Å². The van der Waals surface area contributed by atoms with Crippen molar-refractivity contribution in [1.82, 2.24) is 0 Å². The Bertz CT molecular complexity index is 918. The van der Waals surface area contributed by atoms with Crippen molar-refractivity contribution in [3.63, 3.8) is 0 Å². The molecule has 4 rings (SSSR count). The second-order valence-electron chi connectivity index (χ2n) is 3.96. The second-order valence-corrected chi connectivity index (χ2v) is 6.88. The number of fused-ring (bicyclic) bond motifs is 1. The van der Waals surface area contributed by atoms with Gasteiger partial charge in [0.05, 0.1) is 15.2 Å². The standard InChI is InChI=1S/C16H10S3/c1-2-6-12-11(5-1)15(13-7-3-9-17-13)19-16(12)14-8-4-10-18-14/h1-10H/i1D,2D,5D,6D. The highest BCUT2D eigenvalue weighted by atomic mass is 32.1. The van der Waals surface area contributed by atoms with E-state index in [0.29, 0.717) is 10.8 Å². The summed E-state index contributed by atoms with van der Waals surface area (Å²) in [5.41, 5.74) is 0. The van der Waals surface area contributed by atoms with Crippen molar-refractivity contribution in [2.45, 2.75) is 0 Å². The topological polar surface area (TPSA) is 0 Å². The van der Waals surface area contributed by atoms with E-state index in [1.165, 1.54) is 0 Å². The van der Waals surface area contributed by atoms with Crippen LogP contribution in [0.2, 0.25) is 0 Å². The van der Waals surface area contributed by atoms with Gasteiger partial charge in [0, 0.05) is 20.5 Å². The molecule has 0 aliphatic heterocycles. The zero-order chi connectivity index (χ0) is 16.1. The molecule has 4 aromatic rings. The SMILES string of the molecule is [2H]c1c([2H])c([2H])c2c(-c3cccs3)sc(-c3cccs3)c2c1[2H]. The molecule has 0 unspecified atom stereocenters. The Balaban J connectivity index is 2.20. The van der Waals surface area contributed by atoms with Crippen LogP contribution in [0.5, 0.6) is 0 Å². The molecule has 0 fully saturated rings. The molecule has 19 heavy (non-hydrogen) atoms. The molecule has 0 nitrogen and oxygen atoms in total. The van der Waals surface area contributed by atoms with E-state index in [-0.39, 0.29) is 24.2 Å². The molecule has 92 valence electrons. The fourth-order valence-electron chi connectivity index (χ4n) is 2.02. The summed E-state index contributed by atoms with van der Waals surface area (Å²) in [6.45, 7) is 0. The molecule has 0 N–H and O–H groups in total. The molecule has 0 amide bonds. The van der Waals surface area contributed by atoms with Crippen LogP contribution in [0.15, 0.2) is 59.2 Å². The van der Waals surface area contributed by atoms with E-state index in [9.17, 15) is 0 Å². The smallest absolute Gasteiger partial charge is 0.0630 e. The molecule has 0 radical (unpaired) electrons. The first-order chi connectivity index (χ1) is 11.1. The van der Waals surface area contributed by atoms with Crippen LogP contribution in [0.4, 0.5) is 0 Å². The van der Waals surface area contributed by atoms with Crippen LogP contribution in [-0.4, -0.2) is 0 Å². The fraction of sp³-hybridized carbons (Fsp3) is 0. The van der Waals surface area contributed by atoms with Crippen LogP contribution in [-0.2, 0) is 0 Å². The van der Waals surface area contributed by atoms with Gasteiger partial charge in [-0.05, 0) is 22.9 Å². The van der Waals surface area contributed by atoms with Crippen LogP contribution in [0.3, 0.4) is 0 Å². The molecule has 0 saturated carbocycles. The normalized spacial score (nSPS) is 14.1. The van der Waals surface area contributed by atoms with Crippen molar-refractivity contribution in [1.29, 1.82) is 0 Å². The number of thiophene rings is 3. The van der Waals surface area contributed by atoms with E-state index in [4.69, 9.17) is 5.48 Å². The molecule has 3 aromatic heterocycles. The Morgan fingerprint density at radius 1 is 0.789 bits per heavy atom. The summed E-state index contributed by atoms with van der Waals surface area (Å²) in [6.07, 6.45) is 0. The second kappa shape index (κ2) is 4.60. The Labute approximate surface area is 129 Å². The molecule has 0 spiro atoms. The predicted octanol–water partition coefficient (Wildman–Crippen LogP) is 6.36. The third-order valence-corrected chi connectivity index (χ3v) is 6.13. The van der Waals surface area contributed by atoms with Crippen molar-refractivity contribution in [2.75, 3.05) is 0 Å². The van der Waals surface area contributed by atoms with E-state index in [0.717, 1.165) is 19.5 Å². The summed E-state index contributed by atoms with van der Waals surface area (Å²) in [5.74, 6) is 0. The van der Waals surface area contributed by atoms with Gasteiger partial charge in [0.2, 0.25) is 0 Å². The van der Waals surface area contributed by atoms with Crippen molar-refractivity contribution in [2.24, 2.45) is 0 Å². The molecular weight excluding hydrogens is 288 g/mol. The van der Waals surface area contributed by atoms with Gasteiger partial charge in [-0.2, -0.15) is 0 Å². The van der Waals surface area contributed by atoms with Crippen molar-refractivity contribution in [3.8, 4) is 19.5 Å². The van der Waals surface area contributed by atoms with Crippen LogP contribution in [0, 0.1) is 0 Å². The lowest BCUT2D eigenvalue weighted by atomic mass is 10.1. The van der Waals surface area contributed by atoms with Gasteiger partial charge in [0.1, 0.15) is 0 Å². The highest BCUT2D eigenvalue weighted by molar-refractivity contribution is 7.27. The van der Waals surface area contributed by atoms with Crippen molar-refractivity contribution < 1.29 is 5.48 Å². The van der Waals surface area contributed by atoms with Gasteiger partial charge < -0.3 is 0 Å². The van der Waals surface area contributed by atoms with Gasteiger partial charge in [-0.1, -0.05) is 36.3 Å². The van der Waals surface area contributed by atoms with Gasteiger partial charge in [0.25, 0.3) is 0 Å². The molecule has 0 saturated heterocycles. The molecule has 3 heteroatoms. The van der Waals surface area contributed by atoms with E-state index < -0.39 is 0 Å². The zero-order valence-electron chi connectivity index (χ0n) is 13.7. The maximum absolute atomic E-state index is 8.33. The highest BCUT2D eigenvalue weighted by Gasteiger charge is 2.14. The lowest BCUT2D eigenvalue weighted by molar-refractivity contribution is 1.83. The maximum atomic E-state index is 8.33. The predicted molar refractivity (Wildman–Crippen MR) is 88.5 cm³/mol. The van der Waals surface area contributed by atoms with Gasteiger partial charge in [-0.3, -0.25) is 0 Å². The fourth-order valence-corrected chi connectivity index (χ4v) is 4.95. The molecule has 0 bridgehead atoms. The van der Waals surface area contributed by atoms with Gasteiger partial charge in [-0.25, -0.2) is 0 Å². The van der Waals surface area contributed by atoms with E-state index in [2.05, 4.69) is 0 Å². The first-order valence-corrected chi connectivity index (χ1v) is 8.27. The number of benzene rings is 1. The number of hydrogen-bond acceptors (Lipinski definition) is 3. The van der Waals surface area contributed by atoms with Gasteiger partial charge in [0.15, 0.2) is 0 Å². The van der Waals surface area contributed by atoms with Crippen LogP contribution in [0.1, 0.15) is 5.48 Å². The summed E-state index contributed by atoms with van der Waals surface area (Å²) < 4.78 is 32.6.